The minimum Gasteiger partial charge on any atom is -0.308 e. The fourth-order valence-electron chi connectivity index (χ4n) is 2.92. The standard InChI is InChI=1S/C17H22N4/c1-18-17(14-9-5-2-3-6-10-14)16-13-19-21(20-16)15-11-7-4-8-12-15/h4,7-9,11-13,17-18H,2-3,5-6,10H2,1H3. The molecule has 1 heterocycles. The van der Waals surface area contributed by atoms with E-state index < -0.39 is 0 Å². The Kier molecular flexibility index (Phi) is 4.46. The normalized spacial score (nSPS) is 17.1. The molecule has 2 aromatic rings. The summed E-state index contributed by atoms with van der Waals surface area (Å²) in [4.78, 5) is 1.71. The number of rotatable bonds is 4. The summed E-state index contributed by atoms with van der Waals surface area (Å²) in [6, 6.07) is 10.2. The van der Waals surface area contributed by atoms with Gasteiger partial charge in [0.2, 0.25) is 0 Å². The topological polar surface area (TPSA) is 42.7 Å². The number of nitrogens with one attached hydrogen (secondary N) is 1. The summed E-state index contributed by atoms with van der Waals surface area (Å²) in [7, 11) is 2.00. The van der Waals surface area contributed by atoms with E-state index in [-0.39, 0.29) is 6.04 Å². The molecule has 1 N–H and O–H groups in total. The smallest absolute Gasteiger partial charge is 0.104 e. The monoisotopic (exact) mass is 282 g/mol. The van der Waals surface area contributed by atoms with E-state index in [1.54, 1.807) is 4.80 Å². The van der Waals surface area contributed by atoms with Gasteiger partial charge in [-0.15, -0.1) is 0 Å². The molecule has 0 amide bonds. The van der Waals surface area contributed by atoms with E-state index in [1.165, 1.54) is 31.3 Å². The molecule has 3 rings (SSSR count). The molecule has 0 bridgehead atoms. The van der Waals surface area contributed by atoms with Gasteiger partial charge >= 0.3 is 0 Å². The van der Waals surface area contributed by atoms with Gasteiger partial charge in [-0.1, -0.05) is 36.3 Å². The van der Waals surface area contributed by atoms with Crippen molar-refractivity contribution in [2.24, 2.45) is 0 Å². The Morgan fingerprint density at radius 3 is 2.81 bits per heavy atom. The van der Waals surface area contributed by atoms with Crippen molar-refractivity contribution in [1.29, 1.82) is 0 Å². The van der Waals surface area contributed by atoms with E-state index in [9.17, 15) is 0 Å². The van der Waals surface area contributed by atoms with E-state index in [4.69, 9.17) is 0 Å². The van der Waals surface area contributed by atoms with Crippen LogP contribution in [0.2, 0.25) is 0 Å². The first kappa shape index (κ1) is 14.0. The largest absolute Gasteiger partial charge is 0.308 e. The summed E-state index contributed by atoms with van der Waals surface area (Å²) in [6.45, 7) is 0. The molecule has 1 atom stereocenters. The van der Waals surface area contributed by atoms with Crippen molar-refractivity contribution >= 4 is 0 Å². The third-order valence-corrected chi connectivity index (χ3v) is 4.03. The Morgan fingerprint density at radius 1 is 1.14 bits per heavy atom. The minimum absolute atomic E-state index is 0.181. The molecule has 1 aliphatic carbocycles. The van der Waals surface area contributed by atoms with Gasteiger partial charge in [0, 0.05) is 0 Å². The predicted octanol–water partition coefficient (Wildman–Crippen LogP) is 3.42. The molecule has 0 spiro atoms. The highest BCUT2D eigenvalue weighted by molar-refractivity contribution is 5.29. The lowest BCUT2D eigenvalue weighted by Crippen LogP contribution is -2.19. The average molecular weight is 282 g/mol. The molecule has 4 nitrogen and oxygen atoms in total. The van der Waals surface area contributed by atoms with Crippen molar-refractivity contribution in [3.63, 3.8) is 0 Å². The lowest BCUT2D eigenvalue weighted by atomic mass is 10.00. The average Bonchev–Trinajstić information content (AvgIpc) is 2.86. The van der Waals surface area contributed by atoms with Gasteiger partial charge in [0.15, 0.2) is 0 Å². The number of benzene rings is 1. The maximum atomic E-state index is 4.66. The molecule has 110 valence electrons. The zero-order valence-electron chi connectivity index (χ0n) is 12.5. The molecule has 0 aliphatic heterocycles. The van der Waals surface area contributed by atoms with Gasteiger partial charge in [0.1, 0.15) is 5.69 Å². The summed E-state index contributed by atoms with van der Waals surface area (Å²) < 4.78 is 0. The second-order valence-electron chi connectivity index (χ2n) is 5.49. The van der Waals surface area contributed by atoms with Crippen molar-refractivity contribution in [1.82, 2.24) is 20.3 Å². The van der Waals surface area contributed by atoms with Crippen LogP contribution < -0.4 is 5.32 Å². The molecule has 1 aromatic carbocycles. The maximum absolute atomic E-state index is 4.66. The predicted molar refractivity (Wildman–Crippen MR) is 84.3 cm³/mol. The second kappa shape index (κ2) is 6.68. The number of hydrogen-bond acceptors (Lipinski definition) is 3. The first-order valence-electron chi connectivity index (χ1n) is 7.72. The molecular weight excluding hydrogens is 260 g/mol. The van der Waals surface area contributed by atoms with Crippen molar-refractivity contribution in [2.45, 2.75) is 38.1 Å². The zero-order valence-corrected chi connectivity index (χ0v) is 12.5. The molecule has 1 unspecified atom stereocenters. The minimum atomic E-state index is 0.181. The van der Waals surface area contributed by atoms with Crippen molar-refractivity contribution in [2.75, 3.05) is 7.05 Å². The van der Waals surface area contributed by atoms with Crippen LogP contribution in [0, 0.1) is 0 Å². The molecule has 0 saturated carbocycles. The number of hydrogen-bond donors (Lipinski definition) is 1. The quantitative estimate of drug-likeness (QED) is 0.874. The number of nitrogens with zero attached hydrogens (tertiary/aromatic N) is 3. The molecule has 1 aliphatic rings. The second-order valence-corrected chi connectivity index (χ2v) is 5.49. The Hall–Kier alpha value is -1.94. The van der Waals surface area contributed by atoms with Crippen molar-refractivity contribution < 1.29 is 0 Å². The van der Waals surface area contributed by atoms with E-state index >= 15 is 0 Å². The Labute approximate surface area is 125 Å². The van der Waals surface area contributed by atoms with Crippen LogP contribution in [-0.4, -0.2) is 22.0 Å². The number of likely N-dealkylation sites (N-methyl/N-ethyl adjacent to an activating group) is 1. The first-order chi connectivity index (χ1) is 10.4. The van der Waals surface area contributed by atoms with Gasteiger partial charge < -0.3 is 5.32 Å². The number of para-hydroxylation sites is 1. The summed E-state index contributed by atoms with van der Waals surface area (Å²) in [5.74, 6) is 0. The Morgan fingerprint density at radius 2 is 2.00 bits per heavy atom. The van der Waals surface area contributed by atoms with Crippen molar-refractivity contribution in [3.8, 4) is 5.69 Å². The zero-order chi connectivity index (χ0) is 14.5. The highest BCUT2D eigenvalue weighted by Crippen LogP contribution is 2.27. The van der Waals surface area contributed by atoms with E-state index in [1.807, 2.05) is 43.6 Å². The highest BCUT2D eigenvalue weighted by Gasteiger charge is 2.19. The summed E-state index contributed by atoms with van der Waals surface area (Å²) >= 11 is 0. The number of allylic oxidation sites excluding steroid dienone is 1. The Balaban J connectivity index is 1.85. The molecule has 0 fully saturated rings. The van der Waals surface area contributed by atoms with Crippen LogP contribution in [0.25, 0.3) is 5.69 Å². The maximum Gasteiger partial charge on any atom is 0.104 e. The fourth-order valence-corrected chi connectivity index (χ4v) is 2.92. The molecule has 4 heteroatoms. The highest BCUT2D eigenvalue weighted by atomic mass is 15.5. The molecule has 0 radical (unpaired) electrons. The van der Waals surface area contributed by atoms with Crippen LogP contribution in [0.5, 0.6) is 0 Å². The third kappa shape index (κ3) is 3.22. The number of aromatic nitrogens is 3. The van der Waals surface area contributed by atoms with Gasteiger partial charge in [-0.25, -0.2) is 0 Å². The summed E-state index contributed by atoms with van der Waals surface area (Å²) in [6.07, 6.45) is 10.5. The SMILES string of the molecule is CNC(C1=CCCCCC1)c1cnn(-c2ccccc2)n1. The van der Waals surface area contributed by atoms with Crippen LogP contribution in [0.4, 0.5) is 0 Å². The van der Waals surface area contributed by atoms with E-state index in [0.717, 1.165) is 17.8 Å². The fraction of sp³-hybridized carbons (Fsp3) is 0.412. The van der Waals surface area contributed by atoms with E-state index in [2.05, 4.69) is 21.6 Å². The van der Waals surface area contributed by atoms with Gasteiger partial charge in [0.05, 0.1) is 17.9 Å². The molecule has 0 saturated heterocycles. The third-order valence-electron chi connectivity index (χ3n) is 4.03. The molecule has 1 aromatic heterocycles. The summed E-state index contributed by atoms with van der Waals surface area (Å²) in [5.41, 5.74) is 3.44. The first-order valence-corrected chi connectivity index (χ1v) is 7.72. The van der Waals surface area contributed by atoms with Gasteiger partial charge in [-0.3, -0.25) is 0 Å². The molecular formula is C17H22N4. The van der Waals surface area contributed by atoms with Gasteiger partial charge in [-0.2, -0.15) is 15.0 Å². The van der Waals surface area contributed by atoms with Crippen LogP contribution in [0.1, 0.15) is 43.8 Å². The van der Waals surface area contributed by atoms with E-state index in [0.29, 0.717) is 0 Å². The lowest BCUT2D eigenvalue weighted by molar-refractivity contribution is 0.605. The van der Waals surface area contributed by atoms with Crippen LogP contribution in [0.15, 0.2) is 48.2 Å². The van der Waals surface area contributed by atoms with Crippen molar-refractivity contribution in [3.05, 3.63) is 53.9 Å². The van der Waals surface area contributed by atoms with Crippen LogP contribution in [-0.2, 0) is 0 Å². The Bertz CT molecular complexity index is 600. The van der Waals surface area contributed by atoms with Gasteiger partial charge in [0.25, 0.3) is 0 Å². The molecule has 21 heavy (non-hydrogen) atoms. The van der Waals surface area contributed by atoms with Gasteiger partial charge in [-0.05, 0) is 44.9 Å². The lowest BCUT2D eigenvalue weighted by Gasteiger charge is -2.16. The van der Waals surface area contributed by atoms with Crippen LogP contribution in [0.3, 0.4) is 0 Å². The van der Waals surface area contributed by atoms with Crippen LogP contribution >= 0.6 is 0 Å². The summed E-state index contributed by atoms with van der Waals surface area (Å²) in [5, 5.41) is 12.5.